The predicted molar refractivity (Wildman–Crippen MR) is 63.2 cm³/mol. The first kappa shape index (κ1) is 11.6. The average Bonchev–Trinajstić information content (AvgIpc) is 2.76. The Morgan fingerprint density at radius 1 is 1.69 bits per heavy atom. The van der Waals surface area contributed by atoms with Crippen molar-refractivity contribution in [1.82, 2.24) is 9.88 Å². The maximum Gasteiger partial charge on any atom is 0.194 e. The molecule has 1 aromatic rings. The van der Waals surface area contributed by atoms with E-state index in [1.807, 2.05) is 13.1 Å². The van der Waals surface area contributed by atoms with Crippen molar-refractivity contribution in [2.24, 2.45) is 11.7 Å². The Balaban J connectivity index is 1.87. The summed E-state index contributed by atoms with van der Waals surface area (Å²) >= 11 is 0. The number of rotatable bonds is 4. The van der Waals surface area contributed by atoms with Crippen molar-refractivity contribution in [1.29, 1.82) is 0 Å². The number of nitrogens with zero attached hydrogens (tertiary/aromatic N) is 2. The van der Waals surface area contributed by atoms with E-state index in [0.717, 1.165) is 31.0 Å². The van der Waals surface area contributed by atoms with Gasteiger partial charge >= 0.3 is 0 Å². The molecule has 0 saturated carbocycles. The van der Waals surface area contributed by atoms with Crippen LogP contribution < -0.4 is 5.73 Å². The van der Waals surface area contributed by atoms with Crippen molar-refractivity contribution < 1.29 is 4.42 Å². The van der Waals surface area contributed by atoms with Crippen LogP contribution in [0.25, 0.3) is 0 Å². The highest BCUT2D eigenvalue weighted by atomic mass is 16.4. The molecule has 0 aromatic carbocycles. The molecule has 1 fully saturated rings. The lowest BCUT2D eigenvalue weighted by Crippen LogP contribution is -2.17. The molecule has 90 valence electrons. The van der Waals surface area contributed by atoms with Crippen LogP contribution in [0.4, 0.5) is 0 Å². The van der Waals surface area contributed by atoms with Gasteiger partial charge < -0.3 is 15.1 Å². The van der Waals surface area contributed by atoms with Crippen molar-refractivity contribution in [2.45, 2.75) is 32.2 Å². The zero-order valence-corrected chi connectivity index (χ0v) is 10.1. The Labute approximate surface area is 96.8 Å². The number of oxazole rings is 1. The number of aromatic nitrogens is 1. The molecule has 0 amide bonds. The van der Waals surface area contributed by atoms with Crippen molar-refractivity contribution in [3.8, 4) is 0 Å². The van der Waals surface area contributed by atoms with Crippen LogP contribution in [0.3, 0.4) is 0 Å². The summed E-state index contributed by atoms with van der Waals surface area (Å²) in [6.07, 6.45) is 4.81. The summed E-state index contributed by atoms with van der Waals surface area (Å²) in [6, 6.07) is 0.137. The minimum Gasteiger partial charge on any atom is -0.446 e. The predicted octanol–water partition coefficient (Wildman–Crippen LogP) is 1.06. The van der Waals surface area contributed by atoms with E-state index in [0.29, 0.717) is 5.92 Å². The highest BCUT2D eigenvalue weighted by Crippen LogP contribution is 2.19. The second-order valence-corrected chi connectivity index (χ2v) is 5.02. The summed E-state index contributed by atoms with van der Waals surface area (Å²) in [5.74, 6) is 2.49. The molecule has 1 aliphatic rings. The molecule has 4 nitrogen and oxygen atoms in total. The fourth-order valence-electron chi connectivity index (χ4n) is 2.29. The number of nitrogens with two attached hydrogens (primary N) is 1. The first-order valence-corrected chi connectivity index (χ1v) is 6.01. The van der Waals surface area contributed by atoms with Gasteiger partial charge in [-0.3, -0.25) is 0 Å². The van der Waals surface area contributed by atoms with Gasteiger partial charge in [0.1, 0.15) is 5.76 Å². The van der Waals surface area contributed by atoms with Gasteiger partial charge in [-0.05, 0) is 32.9 Å². The highest BCUT2D eigenvalue weighted by molar-refractivity contribution is 4.97. The van der Waals surface area contributed by atoms with Gasteiger partial charge in [0.2, 0.25) is 0 Å². The third-order valence-corrected chi connectivity index (χ3v) is 3.08. The van der Waals surface area contributed by atoms with Gasteiger partial charge in [0.15, 0.2) is 5.89 Å². The molecule has 2 rings (SSSR count). The van der Waals surface area contributed by atoms with E-state index < -0.39 is 0 Å². The summed E-state index contributed by atoms with van der Waals surface area (Å²) in [5.41, 5.74) is 5.72. The molecule has 0 spiro atoms. The molecule has 2 heterocycles. The second-order valence-electron chi connectivity index (χ2n) is 5.02. The average molecular weight is 223 g/mol. The molecule has 2 atom stereocenters. The smallest absolute Gasteiger partial charge is 0.194 e. The maximum absolute atomic E-state index is 5.72. The lowest BCUT2D eigenvalue weighted by atomic mass is 10.1. The number of likely N-dealkylation sites (tertiary alicyclic amines) is 1. The number of hydrogen-bond donors (Lipinski definition) is 1. The fourth-order valence-corrected chi connectivity index (χ4v) is 2.29. The van der Waals surface area contributed by atoms with E-state index >= 15 is 0 Å². The summed E-state index contributed by atoms with van der Waals surface area (Å²) < 4.78 is 5.68. The maximum atomic E-state index is 5.72. The van der Waals surface area contributed by atoms with Crippen LogP contribution >= 0.6 is 0 Å². The van der Waals surface area contributed by atoms with E-state index in [2.05, 4.69) is 16.9 Å². The SMILES string of the molecule is CC(N)Cc1cnc(CC2CCN(C)C2)o1. The third-order valence-electron chi connectivity index (χ3n) is 3.08. The van der Waals surface area contributed by atoms with Crippen LogP contribution in [0.5, 0.6) is 0 Å². The van der Waals surface area contributed by atoms with Crippen molar-refractivity contribution in [2.75, 3.05) is 20.1 Å². The fraction of sp³-hybridized carbons (Fsp3) is 0.750. The zero-order valence-electron chi connectivity index (χ0n) is 10.1. The Hall–Kier alpha value is -0.870. The van der Waals surface area contributed by atoms with Crippen molar-refractivity contribution >= 4 is 0 Å². The molecule has 4 heteroatoms. The Morgan fingerprint density at radius 2 is 2.50 bits per heavy atom. The van der Waals surface area contributed by atoms with Crippen molar-refractivity contribution in [3.05, 3.63) is 17.8 Å². The molecule has 0 bridgehead atoms. The van der Waals surface area contributed by atoms with E-state index in [4.69, 9.17) is 10.2 Å². The summed E-state index contributed by atoms with van der Waals surface area (Å²) in [7, 11) is 2.16. The monoisotopic (exact) mass is 223 g/mol. The minimum absolute atomic E-state index is 0.137. The van der Waals surface area contributed by atoms with Gasteiger partial charge in [-0.1, -0.05) is 0 Å². The van der Waals surface area contributed by atoms with Gasteiger partial charge in [0.05, 0.1) is 6.20 Å². The van der Waals surface area contributed by atoms with Crippen LogP contribution in [0.2, 0.25) is 0 Å². The van der Waals surface area contributed by atoms with E-state index in [1.165, 1.54) is 13.0 Å². The third kappa shape index (κ3) is 3.06. The van der Waals surface area contributed by atoms with Gasteiger partial charge in [0, 0.05) is 25.4 Å². The lowest BCUT2D eigenvalue weighted by Gasteiger charge is -2.07. The first-order valence-electron chi connectivity index (χ1n) is 6.01. The summed E-state index contributed by atoms with van der Waals surface area (Å²) in [4.78, 5) is 6.67. The van der Waals surface area contributed by atoms with Crippen LogP contribution in [0, 0.1) is 5.92 Å². The largest absolute Gasteiger partial charge is 0.446 e. The number of hydrogen-bond acceptors (Lipinski definition) is 4. The summed E-state index contributed by atoms with van der Waals surface area (Å²) in [5, 5.41) is 0. The van der Waals surface area contributed by atoms with Gasteiger partial charge in [0.25, 0.3) is 0 Å². The normalized spacial score (nSPS) is 23.8. The highest BCUT2D eigenvalue weighted by Gasteiger charge is 2.21. The molecule has 1 aliphatic heterocycles. The first-order chi connectivity index (χ1) is 7.63. The second kappa shape index (κ2) is 4.97. The topological polar surface area (TPSA) is 55.3 Å². The zero-order chi connectivity index (χ0) is 11.5. The van der Waals surface area contributed by atoms with E-state index in [1.54, 1.807) is 0 Å². The molecular formula is C12H21N3O. The van der Waals surface area contributed by atoms with Gasteiger partial charge in [-0.2, -0.15) is 0 Å². The molecule has 1 saturated heterocycles. The molecule has 0 radical (unpaired) electrons. The van der Waals surface area contributed by atoms with E-state index in [-0.39, 0.29) is 6.04 Å². The van der Waals surface area contributed by atoms with Crippen LogP contribution in [0.15, 0.2) is 10.6 Å². The Morgan fingerprint density at radius 3 is 3.12 bits per heavy atom. The molecule has 2 N–H and O–H groups in total. The quantitative estimate of drug-likeness (QED) is 0.829. The molecule has 2 unspecified atom stereocenters. The van der Waals surface area contributed by atoms with Gasteiger partial charge in [-0.25, -0.2) is 4.98 Å². The molecule has 0 aliphatic carbocycles. The lowest BCUT2D eigenvalue weighted by molar-refractivity contribution is 0.372. The van der Waals surface area contributed by atoms with Crippen LogP contribution in [-0.2, 0) is 12.8 Å². The minimum atomic E-state index is 0.137. The van der Waals surface area contributed by atoms with E-state index in [9.17, 15) is 0 Å². The Bertz CT molecular complexity index is 335. The Kier molecular flexibility index (Phi) is 3.61. The standard InChI is InChI=1S/C12H21N3O/c1-9(13)5-11-7-14-12(16-11)6-10-3-4-15(2)8-10/h7,9-10H,3-6,8,13H2,1-2H3. The summed E-state index contributed by atoms with van der Waals surface area (Å²) in [6.45, 7) is 4.33. The molecule has 16 heavy (non-hydrogen) atoms. The van der Waals surface area contributed by atoms with Crippen LogP contribution in [0.1, 0.15) is 25.0 Å². The van der Waals surface area contributed by atoms with Gasteiger partial charge in [-0.15, -0.1) is 0 Å². The molecule has 1 aromatic heterocycles. The van der Waals surface area contributed by atoms with Crippen LogP contribution in [-0.4, -0.2) is 36.1 Å². The van der Waals surface area contributed by atoms with Crippen molar-refractivity contribution in [3.63, 3.8) is 0 Å². The molecular weight excluding hydrogens is 202 g/mol.